The zero-order valence-corrected chi connectivity index (χ0v) is 44.0. The summed E-state index contributed by atoms with van der Waals surface area (Å²) in [4.78, 5) is 0. The van der Waals surface area contributed by atoms with E-state index >= 15 is 0 Å². The van der Waals surface area contributed by atoms with Gasteiger partial charge in [0, 0.05) is 0 Å². The van der Waals surface area contributed by atoms with E-state index in [1.807, 2.05) is 0 Å². The SMILES string of the molecule is [2H]c1c([2H])c(-c2c3c([2H])c([2H])c([2H])c([2H])c3c(-c3c([2H])c([2H])c([2H])c4c([2H])c([2H])c([2H])c([2H])c34)c3c([2H])c([2H])c([2H])c([2H])c23)c([2H])c([2H])c1-c1c([2H])c([2H])c2c([2H])c([2H])c([2H])c([2H])c2c1[2H].c1cc(-c2ccc(-c3ccc4ccc5cccc6ccc3c4c56)cc2)cc(-c2ccc3ccc4cccc5ccc2c3c45)c1. The molecule has 388 valence electrons. The summed E-state index contributed by atoms with van der Waals surface area (Å²) in [5.41, 5.74) is 2.99. The topological polar surface area (TPSA) is 0 Å². The lowest BCUT2D eigenvalue weighted by Gasteiger charge is -2.19. The maximum absolute atomic E-state index is 9.43. The van der Waals surface area contributed by atoms with Gasteiger partial charge in [-0.25, -0.2) is 0 Å². The molecule has 0 fully saturated rings. The molecule has 0 heteroatoms. The van der Waals surface area contributed by atoms with Crippen LogP contribution in [0.5, 0.6) is 0 Å². The number of hydrogen-bond acceptors (Lipinski definition) is 0. The van der Waals surface area contributed by atoms with Gasteiger partial charge in [-0.3, -0.25) is 0 Å². The molecule has 0 unspecified atom stereocenters. The van der Waals surface area contributed by atoms with Crippen LogP contribution in [-0.4, -0.2) is 0 Å². The lowest BCUT2D eigenvalue weighted by molar-refractivity contribution is 1.60. The van der Waals surface area contributed by atoms with E-state index in [0.29, 0.717) is 0 Å². The van der Waals surface area contributed by atoms with Crippen LogP contribution in [0.2, 0.25) is 0 Å². The predicted molar refractivity (Wildman–Crippen MR) is 363 cm³/mol. The quantitative estimate of drug-likeness (QED) is 0.115. The Kier molecular flexibility index (Phi) is 6.61. The normalized spacial score (nSPS) is 16.1. The van der Waals surface area contributed by atoms with Gasteiger partial charge < -0.3 is 0 Å². The van der Waals surface area contributed by atoms with Crippen molar-refractivity contribution in [1.29, 1.82) is 0 Å². The average molecular weight is 1090 g/mol. The van der Waals surface area contributed by atoms with Crippen molar-refractivity contribution in [2.75, 3.05) is 0 Å². The van der Waals surface area contributed by atoms with Crippen molar-refractivity contribution in [3.8, 4) is 66.8 Å². The molecule has 0 N–H and O–H groups in total. The van der Waals surface area contributed by atoms with Crippen LogP contribution in [0.1, 0.15) is 35.6 Å². The molecule has 18 aromatic rings. The van der Waals surface area contributed by atoms with Crippen molar-refractivity contribution in [2.24, 2.45) is 0 Å². The van der Waals surface area contributed by atoms with Crippen LogP contribution < -0.4 is 0 Å². The summed E-state index contributed by atoms with van der Waals surface area (Å²) in [7, 11) is 0. The molecule has 18 aromatic carbocycles. The van der Waals surface area contributed by atoms with Crippen LogP contribution in [0, 0.1) is 0 Å². The van der Waals surface area contributed by atoms with E-state index in [9.17, 15) is 12.3 Å². The first-order chi connectivity index (χ1) is 52.5. The lowest BCUT2D eigenvalue weighted by Crippen LogP contribution is -1.91. The molecule has 84 heavy (non-hydrogen) atoms. The predicted octanol–water partition coefficient (Wildman–Crippen LogP) is 23.8. The van der Waals surface area contributed by atoms with Gasteiger partial charge in [-0.15, -0.1) is 0 Å². The molecule has 18 rings (SSSR count). The Bertz CT molecular complexity index is 7060. The molecular weight excluding hydrogens is 1010 g/mol. The fourth-order valence-electron chi connectivity index (χ4n) is 12.3. The van der Waals surface area contributed by atoms with Crippen molar-refractivity contribution in [2.45, 2.75) is 0 Å². The van der Waals surface area contributed by atoms with E-state index in [-0.39, 0.29) is 0 Å². The average Bonchev–Trinajstić information content (AvgIpc) is 0.684. The van der Waals surface area contributed by atoms with Gasteiger partial charge in [-0.1, -0.05) is 303 Å². The summed E-state index contributed by atoms with van der Waals surface area (Å²) in [6.07, 6.45) is 0. The fourth-order valence-corrected chi connectivity index (χ4v) is 12.3. The van der Waals surface area contributed by atoms with Gasteiger partial charge in [0.25, 0.3) is 0 Å². The van der Waals surface area contributed by atoms with Gasteiger partial charge >= 0.3 is 0 Å². The van der Waals surface area contributed by atoms with Crippen LogP contribution in [0.4, 0.5) is 0 Å². The van der Waals surface area contributed by atoms with Crippen LogP contribution in [0.3, 0.4) is 0 Å². The van der Waals surface area contributed by atoms with Crippen LogP contribution in [0.15, 0.2) is 315 Å². The molecule has 0 bridgehead atoms. The Morgan fingerprint density at radius 3 is 1.23 bits per heavy atom. The zero-order chi connectivity index (χ0) is 77.9. The van der Waals surface area contributed by atoms with Gasteiger partial charge in [0.05, 0.1) is 35.6 Å². The van der Waals surface area contributed by atoms with Gasteiger partial charge in [0.2, 0.25) is 0 Å². The second kappa shape index (κ2) is 19.4. The van der Waals surface area contributed by atoms with Crippen LogP contribution >= 0.6 is 0 Å². The van der Waals surface area contributed by atoms with Crippen molar-refractivity contribution in [3.05, 3.63) is 315 Å². The smallest absolute Gasteiger partial charge is 0.0616 e. The Labute approximate surface area is 523 Å². The number of rotatable bonds is 6. The van der Waals surface area contributed by atoms with Gasteiger partial charge in [0.15, 0.2) is 0 Å². The molecule has 0 amide bonds. The third-order valence-corrected chi connectivity index (χ3v) is 16.1. The number of benzene rings is 18. The molecular formula is C84H52. The van der Waals surface area contributed by atoms with Crippen LogP contribution in [-0.2, 0) is 0 Å². The van der Waals surface area contributed by atoms with Crippen molar-refractivity contribution >= 4 is 108 Å². The highest BCUT2D eigenvalue weighted by molar-refractivity contribution is 6.27. The highest BCUT2D eigenvalue weighted by Crippen LogP contribution is 2.47. The van der Waals surface area contributed by atoms with Crippen molar-refractivity contribution < 1.29 is 35.6 Å². The minimum absolute atomic E-state index is 0.526. The molecule has 0 aromatic heterocycles. The minimum atomic E-state index is -1.07. The second-order valence-corrected chi connectivity index (χ2v) is 20.6. The Hall–Kier alpha value is -10.9. The van der Waals surface area contributed by atoms with E-state index in [1.165, 1.54) is 98.0 Å². The first kappa shape index (κ1) is 28.7. The Morgan fingerprint density at radius 2 is 0.619 bits per heavy atom. The maximum atomic E-state index is 9.43. The molecule has 0 heterocycles. The molecule has 0 radical (unpaired) electrons. The molecule has 0 saturated carbocycles. The van der Waals surface area contributed by atoms with Gasteiger partial charge in [-0.2, -0.15) is 0 Å². The standard InChI is InChI=1S/C44H26.C40H26/c1-4-29-14-16-33-18-22-37(39-24-20-31(6-1)41(29)43(33)39)28-12-10-27(11-13-28)35-8-3-9-36(26-35)38-23-19-34-17-15-30-5-2-7-32-21-25-40(38)44(34)42(30)32;1-2-12-31-26-32(25-22-27(31)10-1)28-20-23-30(24-21-28)39-35-15-5-7-17-37(35)40(38-18-8-6-16-36(38)39)34-19-9-13-29-11-3-4-14-33(29)34/h1-26H;1-26H/i;1D,2D,3D,4D,5D,6D,7D,8D,9D,10D,11D,12D,13D,14D,15D,16D,17D,18D,19D,20D,21D,22D,23D,24D,25D,26D. The second-order valence-electron chi connectivity index (χ2n) is 20.6. The molecule has 0 atom stereocenters. The number of fused-ring (bicyclic) bond motifs is 4. The van der Waals surface area contributed by atoms with E-state index in [0.717, 1.165) is 0 Å². The molecule has 0 aliphatic heterocycles. The maximum Gasteiger partial charge on any atom is 0.0636 e. The third kappa shape index (κ3) is 7.76. The zero-order valence-electron chi connectivity index (χ0n) is 70.0. The highest BCUT2D eigenvalue weighted by atomic mass is 14.2. The third-order valence-electron chi connectivity index (χ3n) is 16.1. The summed E-state index contributed by atoms with van der Waals surface area (Å²) in [5.74, 6) is 0. The molecule has 0 spiro atoms. The van der Waals surface area contributed by atoms with Crippen molar-refractivity contribution in [3.63, 3.8) is 0 Å². The summed E-state index contributed by atoms with van der Waals surface area (Å²) >= 11 is 0. The van der Waals surface area contributed by atoms with E-state index in [4.69, 9.17) is 23.3 Å². The monoisotopic (exact) mass is 1090 g/mol. The highest BCUT2D eigenvalue weighted by Gasteiger charge is 2.19. The summed E-state index contributed by atoms with van der Waals surface area (Å²) in [6.45, 7) is 0. The summed E-state index contributed by atoms with van der Waals surface area (Å²) < 4.78 is 230. The van der Waals surface area contributed by atoms with Gasteiger partial charge in [0.1, 0.15) is 0 Å². The summed E-state index contributed by atoms with van der Waals surface area (Å²) in [5, 5.41) is 10.7. The van der Waals surface area contributed by atoms with E-state index < -0.39 is 234 Å². The minimum Gasteiger partial charge on any atom is -0.0616 e. The Balaban J connectivity index is 0.000000172. The van der Waals surface area contributed by atoms with E-state index in [1.54, 1.807) is 0 Å². The van der Waals surface area contributed by atoms with Crippen molar-refractivity contribution in [1.82, 2.24) is 0 Å². The van der Waals surface area contributed by atoms with Crippen LogP contribution in [0.25, 0.3) is 174 Å². The largest absolute Gasteiger partial charge is 0.0636 e. The molecule has 0 saturated heterocycles. The Morgan fingerprint density at radius 1 is 0.190 bits per heavy atom. The van der Waals surface area contributed by atoms with Gasteiger partial charge in [-0.05, 0) is 187 Å². The molecule has 0 aliphatic carbocycles. The fraction of sp³-hybridized carbons (Fsp3) is 0. The van der Waals surface area contributed by atoms with E-state index in [2.05, 4.69) is 158 Å². The number of hydrogen-bond donors (Lipinski definition) is 0. The molecule has 0 nitrogen and oxygen atoms in total. The molecule has 0 aliphatic rings. The lowest BCUT2D eigenvalue weighted by atomic mass is 9.84. The summed E-state index contributed by atoms with van der Waals surface area (Å²) in [6, 6.07) is 34.6. The first-order valence-corrected chi connectivity index (χ1v) is 27.1. The first-order valence-electron chi connectivity index (χ1n) is 40.1.